The van der Waals surface area contributed by atoms with Crippen molar-refractivity contribution in [3.05, 3.63) is 34.2 Å². The maximum absolute atomic E-state index is 6.45. The minimum atomic E-state index is 0.431. The molecule has 1 N–H and O–H groups in total. The third kappa shape index (κ3) is 2.86. The Bertz CT molecular complexity index is 583. The molecule has 1 fully saturated rings. The van der Waals surface area contributed by atoms with Crippen molar-refractivity contribution in [3.8, 4) is 0 Å². The number of nitrogens with one attached hydrogen (secondary N) is 1. The lowest BCUT2D eigenvalue weighted by molar-refractivity contribution is 0.0872. The minimum Gasteiger partial charge on any atom is -0.378 e. The van der Waals surface area contributed by atoms with E-state index in [9.17, 15) is 0 Å². The molecule has 0 bridgehead atoms. The Morgan fingerprint density at radius 2 is 2.25 bits per heavy atom. The maximum Gasteiger partial charge on any atom is 0.0636 e. The Morgan fingerprint density at radius 3 is 3.05 bits per heavy atom. The summed E-state index contributed by atoms with van der Waals surface area (Å²) in [6.07, 6.45) is 2.71. The molecule has 2 nitrogen and oxygen atoms in total. The van der Waals surface area contributed by atoms with Crippen molar-refractivity contribution >= 4 is 33.0 Å². The van der Waals surface area contributed by atoms with Crippen LogP contribution in [0.15, 0.2) is 24.3 Å². The third-order valence-corrected chi connectivity index (χ3v) is 5.76. The van der Waals surface area contributed by atoms with Crippen LogP contribution in [0, 0.1) is 5.92 Å². The lowest BCUT2D eigenvalue weighted by Gasteiger charge is -2.17. The predicted molar refractivity (Wildman–Crippen MR) is 86.7 cm³/mol. The monoisotopic (exact) mass is 309 g/mol. The van der Waals surface area contributed by atoms with Gasteiger partial charge in [0.2, 0.25) is 0 Å². The summed E-state index contributed by atoms with van der Waals surface area (Å²) in [6.45, 7) is 4.98. The molecule has 2 heterocycles. The highest BCUT2D eigenvalue weighted by atomic mass is 35.5. The smallest absolute Gasteiger partial charge is 0.0636 e. The van der Waals surface area contributed by atoms with Crippen molar-refractivity contribution in [1.29, 1.82) is 0 Å². The van der Waals surface area contributed by atoms with E-state index in [1.807, 2.05) is 6.07 Å². The topological polar surface area (TPSA) is 21.3 Å². The molecule has 1 saturated heterocycles. The van der Waals surface area contributed by atoms with Crippen LogP contribution in [0.3, 0.4) is 0 Å². The van der Waals surface area contributed by atoms with Gasteiger partial charge in [-0.15, -0.1) is 11.3 Å². The van der Waals surface area contributed by atoms with E-state index < -0.39 is 0 Å². The van der Waals surface area contributed by atoms with Crippen LogP contribution in [0.25, 0.3) is 10.1 Å². The number of thiophene rings is 1. The largest absolute Gasteiger partial charge is 0.378 e. The summed E-state index contributed by atoms with van der Waals surface area (Å²) in [5.74, 6) is 0.646. The summed E-state index contributed by atoms with van der Waals surface area (Å²) in [5.41, 5.74) is 0. The first-order chi connectivity index (χ1) is 9.79. The van der Waals surface area contributed by atoms with E-state index in [2.05, 4.69) is 30.4 Å². The molecule has 0 spiro atoms. The first-order valence-electron chi connectivity index (χ1n) is 7.27. The van der Waals surface area contributed by atoms with Crippen LogP contribution >= 0.6 is 22.9 Å². The summed E-state index contributed by atoms with van der Waals surface area (Å²) in [5, 5.41) is 5.64. The molecule has 3 rings (SSSR count). The molecular weight excluding hydrogens is 290 g/mol. The number of benzene rings is 1. The van der Waals surface area contributed by atoms with Gasteiger partial charge in [0.1, 0.15) is 0 Å². The fourth-order valence-corrected chi connectivity index (χ4v) is 4.40. The SMILES string of the molecule is CCC1OCCC1CNCc1sc2ccccc2c1Cl. The highest BCUT2D eigenvalue weighted by Gasteiger charge is 2.26. The van der Waals surface area contributed by atoms with Crippen LogP contribution in [-0.4, -0.2) is 19.3 Å². The average Bonchev–Trinajstić information content (AvgIpc) is 3.05. The second-order valence-electron chi connectivity index (χ2n) is 5.33. The minimum absolute atomic E-state index is 0.431. The Kier molecular flexibility index (Phi) is 4.61. The molecule has 2 aromatic rings. The first kappa shape index (κ1) is 14.3. The summed E-state index contributed by atoms with van der Waals surface area (Å²) in [6, 6.07) is 8.33. The Morgan fingerprint density at radius 1 is 1.40 bits per heavy atom. The van der Waals surface area contributed by atoms with Crippen molar-refractivity contribution < 1.29 is 4.74 Å². The molecule has 1 aliphatic heterocycles. The third-order valence-electron chi connectivity index (χ3n) is 4.04. The van der Waals surface area contributed by atoms with E-state index in [0.717, 1.165) is 31.1 Å². The number of halogens is 1. The second kappa shape index (κ2) is 6.44. The molecule has 0 saturated carbocycles. The van der Waals surface area contributed by atoms with E-state index in [4.69, 9.17) is 16.3 Å². The number of rotatable bonds is 5. The molecule has 108 valence electrons. The lowest BCUT2D eigenvalue weighted by atomic mass is 10.00. The van der Waals surface area contributed by atoms with Gasteiger partial charge in [0.15, 0.2) is 0 Å². The first-order valence-corrected chi connectivity index (χ1v) is 8.47. The number of hydrogen-bond donors (Lipinski definition) is 1. The van der Waals surface area contributed by atoms with Crippen molar-refractivity contribution in [1.82, 2.24) is 5.32 Å². The standard InChI is InChI=1S/C16H20ClNOS/c1-2-13-11(7-8-19-13)9-18-10-15-16(17)12-5-3-4-6-14(12)20-15/h3-6,11,13,18H,2,7-10H2,1H3. The van der Waals surface area contributed by atoms with Gasteiger partial charge >= 0.3 is 0 Å². The summed E-state index contributed by atoms with van der Waals surface area (Å²) >= 11 is 8.24. The van der Waals surface area contributed by atoms with Crippen LogP contribution < -0.4 is 5.32 Å². The summed E-state index contributed by atoms with van der Waals surface area (Å²) in [4.78, 5) is 1.24. The van der Waals surface area contributed by atoms with Crippen LogP contribution in [0.1, 0.15) is 24.6 Å². The number of ether oxygens (including phenoxy) is 1. The van der Waals surface area contributed by atoms with Gasteiger partial charge in [-0.1, -0.05) is 36.7 Å². The molecule has 4 heteroatoms. The van der Waals surface area contributed by atoms with Crippen LogP contribution in [0.2, 0.25) is 5.02 Å². The van der Waals surface area contributed by atoms with Crippen molar-refractivity contribution in [2.75, 3.05) is 13.2 Å². The molecule has 0 amide bonds. The van der Waals surface area contributed by atoms with E-state index in [-0.39, 0.29) is 0 Å². The average molecular weight is 310 g/mol. The van der Waals surface area contributed by atoms with E-state index in [1.165, 1.54) is 21.4 Å². The zero-order valence-electron chi connectivity index (χ0n) is 11.7. The highest BCUT2D eigenvalue weighted by molar-refractivity contribution is 7.19. The number of fused-ring (bicyclic) bond motifs is 1. The summed E-state index contributed by atoms with van der Waals surface area (Å²) < 4.78 is 6.99. The normalized spacial score (nSPS) is 22.7. The number of hydrogen-bond acceptors (Lipinski definition) is 3. The molecule has 1 aliphatic rings. The van der Waals surface area contributed by atoms with Gasteiger partial charge in [0.05, 0.1) is 11.1 Å². The molecule has 1 aromatic heterocycles. The van der Waals surface area contributed by atoms with Crippen molar-refractivity contribution in [2.45, 2.75) is 32.4 Å². The molecule has 2 atom stereocenters. The molecule has 2 unspecified atom stereocenters. The van der Waals surface area contributed by atoms with Crippen LogP contribution in [0.5, 0.6) is 0 Å². The Balaban J connectivity index is 1.61. The fraction of sp³-hybridized carbons (Fsp3) is 0.500. The molecule has 20 heavy (non-hydrogen) atoms. The Labute approximate surface area is 129 Å². The zero-order chi connectivity index (χ0) is 13.9. The van der Waals surface area contributed by atoms with Gasteiger partial charge in [0, 0.05) is 34.7 Å². The molecule has 0 aliphatic carbocycles. The fourth-order valence-electron chi connectivity index (χ4n) is 2.93. The van der Waals surface area contributed by atoms with Gasteiger partial charge in [-0.05, 0) is 24.8 Å². The van der Waals surface area contributed by atoms with Gasteiger partial charge in [0.25, 0.3) is 0 Å². The summed E-state index contributed by atoms with van der Waals surface area (Å²) in [7, 11) is 0. The lowest BCUT2D eigenvalue weighted by Crippen LogP contribution is -2.27. The van der Waals surface area contributed by atoms with E-state index in [0.29, 0.717) is 12.0 Å². The Hall–Kier alpha value is -0.610. The quantitative estimate of drug-likeness (QED) is 0.880. The predicted octanol–water partition coefficient (Wildman–Crippen LogP) is 4.46. The molecular formula is C16H20ClNOS. The maximum atomic E-state index is 6.45. The van der Waals surface area contributed by atoms with Crippen molar-refractivity contribution in [3.63, 3.8) is 0 Å². The molecule has 0 radical (unpaired) electrons. The van der Waals surface area contributed by atoms with Crippen LogP contribution in [0.4, 0.5) is 0 Å². The van der Waals surface area contributed by atoms with Crippen LogP contribution in [-0.2, 0) is 11.3 Å². The zero-order valence-corrected chi connectivity index (χ0v) is 13.3. The highest BCUT2D eigenvalue weighted by Crippen LogP contribution is 2.35. The molecule has 1 aromatic carbocycles. The van der Waals surface area contributed by atoms with E-state index in [1.54, 1.807) is 11.3 Å². The van der Waals surface area contributed by atoms with Gasteiger partial charge in [-0.2, -0.15) is 0 Å². The van der Waals surface area contributed by atoms with Gasteiger partial charge in [-0.25, -0.2) is 0 Å². The van der Waals surface area contributed by atoms with Gasteiger partial charge in [-0.3, -0.25) is 0 Å². The van der Waals surface area contributed by atoms with Crippen molar-refractivity contribution in [2.24, 2.45) is 5.92 Å². The van der Waals surface area contributed by atoms with Gasteiger partial charge < -0.3 is 10.1 Å². The van der Waals surface area contributed by atoms with E-state index >= 15 is 0 Å². The second-order valence-corrected chi connectivity index (χ2v) is 6.85.